The Hall–Kier alpha value is -0.680. The van der Waals surface area contributed by atoms with Crippen LogP contribution in [-0.4, -0.2) is 40.4 Å². The van der Waals surface area contributed by atoms with E-state index >= 15 is 0 Å². The summed E-state index contributed by atoms with van der Waals surface area (Å²) in [6.07, 6.45) is 2.73. The molecule has 1 aliphatic rings. The molecule has 1 fully saturated rings. The minimum atomic E-state index is 0.0393. The van der Waals surface area contributed by atoms with E-state index in [1.165, 1.54) is 44.0 Å². The summed E-state index contributed by atoms with van der Waals surface area (Å²) in [5, 5.41) is 4.39. The molecule has 0 spiro atoms. The van der Waals surface area contributed by atoms with Crippen molar-refractivity contribution in [2.45, 2.75) is 46.0 Å². The van der Waals surface area contributed by atoms with Crippen LogP contribution >= 0.6 is 11.5 Å². The van der Waals surface area contributed by atoms with Crippen LogP contribution in [0.15, 0.2) is 0 Å². The third-order valence-electron chi connectivity index (χ3n) is 3.47. The van der Waals surface area contributed by atoms with Gasteiger partial charge in [-0.3, -0.25) is 0 Å². The summed E-state index contributed by atoms with van der Waals surface area (Å²) in [6.45, 7) is 13.5. The Morgan fingerprint density at radius 1 is 1.32 bits per heavy atom. The van der Waals surface area contributed by atoms with E-state index in [-0.39, 0.29) is 5.41 Å². The minimum absolute atomic E-state index is 0.0393. The first-order valence-corrected chi connectivity index (χ1v) is 8.03. The zero-order valence-electron chi connectivity index (χ0n) is 12.6. The molecule has 1 atom stereocenters. The number of nitrogens with zero attached hydrogens (tertiary/aromatic N) is 3. The van der Waals surface area contributed by atoms with E-state index in [2.05, 4.69) is 47.3 Å². The summed E-state index contributed by atoms with van der Waals surface area (Å²) in [7, 11) is 0. The van der Waals surface area contributed by atoms with Gasteiger partial charge < -0.3 is 10.2 Å². The second kappa shape index (κ2) is 6.18. The molecule has 4 nitrogen and oxygen atoms in total. The molecular formula is C14H26N4S. The van der Waals surface area contributed by atoms with Crippen LogP contribution in [0.4, 0.5) is 5.13 Å². The highest BCUT2D eigenvalue weighted by atomic mass is 32.1. The maximum atomic E-state index is 4.57. The summed E-state index contributed by atoms with van der Waals surface area (Å²) in [5.41, 5.74) is 0.0393. The van der Waals surface area contributed by atoms with Crippen LogP contribution in [0.25, 0.3) is 0 Å². The molecule has 1 N–H and O–H groups in total. The molecule has 1 aromatic rings. The van der Waals surface area contributed by atoms with Gasteiger partial charge in [0.25, 0.3) is 0 Å². The molecule has 1 aromatic heterocycles. The van der Waals surface area contributed by atoms with Crippen LogP contribution in [0.5, 0.6) is 0 Å². The van der Waals surface area contributed by atoms with Crippen LogP contribution in [0, 0.1) is 5.92 Å². The third kappa shape index (κ3) is 4.42. The van der Waals surface area contributed by atoms with E-state index in [4.69, 9.17) is 0 Å². The Morgan fingerprint density at radius 2 is 2.00 bits per heavy atom. The molecule has 0 aromatic carbocycles. The minimum Gasteiger partial charge on any atom is -0.360 e. The SMILES string of the molecule is CC(CNc1nc(C(C)(C)C)ns1)CN1CCCC1. The molecule has 0 amide bonds. The van der Waals surface area contributed by atoms with E-state index in [1.807, 2.05) is 0 Å². The highest BCUT2D eigenvalue weighted by molar-refractivity contribution is 7.09. The lowest BCUT2D eigenvalue weighted by molar-refractivity contribution is 0.294. The van der Waals surface area contributed by atoms with Gasteiger partial charge in [-0.05, 0) is 31.8 Å². The molecule has 19 heavy (non-hydrogen) atoms. The van der Waals surface area contributed by atoms with Gasteiger partial charge in [-0.25, -0.2) is 4.98 Å². The average molecular weight is 282 g/mol. The summed E-state index contributed by atoms with van der Waals surface area (Å²) in [6, 6.07) is 0. The van der Waals surface area contributed by atoms with Crippen molar-refractivity contribution < 1.29 is 0 Å². The third-order valence-corrected chi connectivity index (χ3v) is 4.14. The fourth-order valence-corrected chi connectivity index (χ4v) is 3.09. The van der Waals surface area contributed by atoms with Crippen LogP contribution in [0.3, 0.4) is 0 Å². The monoisotopic (exact) mass is 282 g/mol. The molecule has 0 aliphatic carbocycles. The zero-order valence-corrected chi connectivity index (χ0v) is 13.4. The van der Waals surface area contributed by atoms with Crippen molar-refractivity contribution in [2.24, 2.45) is 5.92 Å². The van der Waals surface area contributed by atoms with Gasteiger partial charge in [0.15, 0.2) is 0 Å². The topological polar surface area (TPSA) is 41.1 Å². The molecule has 2 rings (SSSR count). The van der Waals surface area contributed by atoms with Crippen LogP contribution in [0.1, 0.15) is 46.4 Å². The first-order valence-electron chi connectivity index (χ1n) is 7.25. The lowest BCUT2D eigenvalue weighted by Crippen LogP contribution is -2.28. The molecule has 1 saturated heterocycles. The maximum Gasteiger partial charge on any atom is 0.202 e. The second-order valence-electron chi connectivity index (χ2n) is 6.67. The molecule has 1 aliphatic heterocycles. The molecule has 0 radical (unpaired) electrons. The van der Waals surface area contributed by atoms with Crippen molar-refractivity contribution in [2.75, 3.05) is 31.5 Å². The van der Waals surface area contributed by atoms with Crippen molar-refractivity contribution in [3.8, 4) is 0 Å². The van der Waals surface area contributed by atoms with Gasteiger partial charge in [0.1, 0.15) is 5.82 Å². The number of rotatable bonds is 5. The first kappa shape index (κ1) is 14.7. The fraction of sp³-hybridized carbons (Fsp3) is 0.857. The normalized spacial score (nSPS) is 18.7. The number of aromatic nitrogens is 2. The number of likely N-dealkylation sites (tertiary alicyclic amines) is 1. The smallest absolute Gasteiger partial charge is 0.202 e. The second-order valence-corrected chi connectivity index (χ2v) is 7.42. The number of nitrogens with one attached hydrogen (secondary N) is 1. The van der Waals surface area contributed by atoms with Crippen molar-refractivity contribution in [1.29, 1.82) is 0 Å². The van der Waals surface area contributed by atoms with Gasteiger partial charge in [-0.15, -0.1) is 0 Å². The quantitative estimate of drug-likeness (QED) is 0.901. The van der Waals surface area contributed by atoms with Gasteiger partial charge >= 0.3 is 0 Å². The summed E-state index contributed by atoms with van der Waals surface area (Å²) in [4.78, 5) is 7.13. The lowest BCUT2D eigenvalue weighted by atomic mass is 9.96. The van der Waals surface area contributed by atoms with Crippen molar-refractivity contribution in [3.05, 3.63) is 5.82 Å². The Labute approximate surface area is 120 Å². The Bertz CT molecular complexity index is 390. The molecule has 5 heteroatoms. The van der Waals surface area contributed by atoms with E-state index in [1.54, 1.807) is 0 Å². The maximum absolute atomic E-state index is 4.57. The van der Waals surface area contributed by atoms with Gasteiger partial charge in [0.2, 0.25) is 5.13 Å². The molecule has 0 saturated carbocycles. The van der Waals surface area contributed by atoms with Crippen LogP contribution in [0.2, 0.25) is 0 Å². The molecule has 0 bridgehead atoms. The molecular weight excluding hydrogens is 256 g/mol. The molecule has 1 unspecified atom stereocenters. The highest BCUT2D eigenvalue weighted by Gasteiger charge is 2.20. The van der Waals surface area contributed by atoms with E-state index < -0.39 is 0 Å². The van der Waals surface area contributed by atoms with Crippen molar-refractivity contribution in [3.63, 3.8) is 0 Å². The molecule has 108 valence electrons. The summed E-state index contributed by atoms with van der Waals surface area (Å²) in [5.74, 6) is 1.59. The number of hydrogen-bond donors (Lipinski definition) is 1. The predicted molar refractivity (Wildman–Crippen MR) is 81.9 cm³/mol. The number of anilines is 1. The zero-order chi connectivity index (χ0) is 13.9. The predicted octanol–water partition coefficient (Wildman–Crippen LogP) is 2.98. The first-order chi connectivity index (χ1) is 8.95. The average Bonchev–Trinajstić information content (AvgIpc) is 2.95. The van der Waals surface area contributed by atoms with E-state index in [0.717, 1.165) is 17.5 Å². The molecule has 2 heterocycles. The van der Waals surface area contributed by atoms with Crippen molar-refractivity contribution >= 4 is 16.7 Å². The summed E-state index contributed by atoms with van der Waals surface area (Å²) < 4.78 is 4.43. The Kier molecular flexibility index (Phi) is 4.79. The number of hydrogen-bond acceptors (Lipinski definition) is 5. The van der Waals surface area contributed by atoms with Gasteiger partial charge in [-0.2, -0.15) is 4.37 Å². The highest BCUT2D eigenvalue weighted by Crippen LogP contribution is 2.23. The van der Waals surface area contributed by atoms with E-state index in [0.29, 0.717) is 5.92 Å². The summed E-state index contributed by atoms with van der Waals surface area (Å²) >= 11 is 1.48. The Morgan fingerprint density at radius 3 is 2.58 bits per heavy atom. The van der Waals surface area contributed by atoms with Gasteiger partial charge in [0.05, 0.1) is 0 Å². The van der Waals surface area contributed by atoms with Crippen LogP contribution in [-0.2, 0) is 5.41 Å². The van der Waals surface area contributed by atoms with Gasteiger partial charge in [0, 0.05) is 30.0 Å². The van der Waals surface area contributed by atoms with Crippen molar-refractivity contribution in [1.82, 2.24) is 14.3 Å². The standard InChI is InChI=1S/C14H26N4S/c1-11(10-18-7-5-6-8-18)9-15-13-16-12(17-19-13)14(2,3)4/h11H,5-10H2,1-4H3,(H,15,16,17). The lowest BCUT2D eigenvalue weighted by Gasteiger charge is -2.20. The Balaban J connectivity index is 1.76. The largest absolute Gasteiger partial charge is 0.360 e. The van der Waals surface area contributed by atoms with Gasteiger partial charge in [-0.1, -0.05) is 27.7 Å². The van der Waals surface area contributed by atoms with Crippen LogP contribution < -0.4 is 5.32 Å². The van der Waals surface area contributed by atoms with E-state index in [9.17, 15) is 0 Å². The fourth-order valence-electron chi connectivity index (χ4n) is 2.33.